The Morgan fingerprint density at radius 2 is 2.23 bits per heavy atom. The second kappa shape index (κ2) is 3.42. The molecule has 1 aromatic rings. The van der Waals surface area contributed by atoms with Crippen LogP contribution in [0.3, 0.4) is 0 Å². The molecule has 3 N–H and O–H groups in total. The van der Waals surface area contributed by atoms with E-state index < -0.39 is 0 Å². The van der Waals surface area contributed by atoms with E-state index in [-0.39, 0.29) is 5.41 Å². The van der Waals surface area contributed by atoms with Gasteiger partial charge in [-0.25, -0.2) is 0 Å². The lowest BCUT2D eigenvalue weighted by Gasteiger charge is -2.26. The number of halogens is 1. The molecule has 0 aliphatic heterocycles. The number of H-pyrrole nitrogens is 1. The first-order chi connectivity index (χ1) is 6.28. The number of aromatic nitrogens is 2. The summed E-state index contributed by atoms with van der Waals surface area (Å²) >= 11 is 3.48. The normalized spacial score (nSPS) is 20.8. The quantitative estimate of drug-likeness (QED) is 0.835. The van der Waals surface area contributed by atoms with E-state index >= 15 is 0 Å². The van der Waals surface area contributed by atoms with Crippen LogP contribution in [0.4, 0.5) is 0 Å². The van der Waals surface area contributed by atoms with Gasteiger partial charge in [0.1, 0.15) is 4.60 Å². The van der Waals surface area contributed by atoms with Gasteiger partial charge in [-0.3, -0.25) is 5.10 Å². The Kier molecular flexibility index (Phi) is 2.43. The number of nitrogens with two attached hydrogens (primary N) is 1. The molecule has 0 amide bonds. The third-order valence-electron chi connectivity index (χ3n) is 3.12. The molecule has 2 rings (SSSR count). The zero-order valence-corrected chi connectivity index (χ0v) is 9.10. The van der Waals surface area contributed by atoms with Crippen LogP contribution in [0, 0.1) is 0 Å². The molecule has 13 heavy (non-hydrogen) atoms. The van der Waals surface area contributed by atoms with Gasteiger partial charge in [-0.1, -0.05) is 12.8 Å². The lowest BCUT2D eigenvalue weighted by Crippen LogP contribution is -2.31. The van der Waals surface area contributed by atoms with Gasteiger partial charge in [0.25, 0.3) is 0 Å². The highest BCUT2D eigenvalue weighted by Crippen LogP contribution is 2.42. The molecule has 0 saturated heterocycles. The summed E-state index contributed by atoms with van der Waals surface area (Å²) in [6, 6.07) is 0. The number of nitrogens with one attached hydrogen (secondary N) is 1. The molecular weight excluding hydrogens is 230 g/mol. The van der Waals surface area contributed by atoms with Crippen LogP contribution < -0.4 is 5.73 Å². The molecular formula is C9H14BrN3. The fourth-order valence-electron chi connectivity index (χ4n) is 2.28. The Labute approximate surface area is 86.2 Å². The lowest BCUT2D eigenvalue weighted by molar-refractivity contribution is 0.451. The summed E-state index contributed by atoms with van der Waals surface area (Å²) < 4.78 is 1.000. The zero-order valence-electron chi connectivity index (χ0n) is 7.52. The Balaban J connectivity index is 2.36. The third kappa shape index (κ3) is 1.42. The number of aromatic amines is 1. The Bertz CT molecular complexity index is 289. The fraction of sp³-hybridized carbons (Fsp3) is 0.667. The Morgan fingerprint density at radius 1 is 1.54 bits per heavy atom. The molecule has 0 bridgehead atoms. The first kappa shape index (κ1) is 9.21. The second-order valence-corrected chi connectivity index (χ2v) is 4.58. The molecule has 72 valence electrons. The van der Waals surface area contributed by atoms with Gasteiger partial charge in [0.05, 0.1) is 6.20 Å². The van der Waals surface area contributed by atoms with Crippen LogP contribution in [0.5, 0.6) is 0 Å². The van der Waals surface area contributed by atoms with E-state index in [0.29, 0.717) is 0 Å². The van der Waals surface area contributed by atoms with Crippen LogP contribution >= 0.6 is 15.9 Å². The van der Waals surface area contributed by atoms with Gasteiger partial charge < -0.3 is 5.73 Å². The van der Waals surface area contributed by atoms with E-state index in [1.165, 1.54) is 31.2 Å². The van der Waals surface area contributed by atoms with Gasteiger partial charge in [-0.2, -0.15) is 5.10 Å². The molecule has 1 aromatic heterocycles. The van der Waals surface area contributed by atoms with Crippen molar-refractivity contribution in [2.75, 3.05) is 6.54 Å². The molecule has 1 fully saturated rings. The summed E-state index contributed by atoms with van der Waals surface area (Å²) in [6.07, 6.45) is 6.87. The molecule has 3 nitrogen and oxygen atoms in total. The van der Waals surface area contributed by atoms with E-state index in [1.807, 2.05) is 6.20 Å². The number of hydrogen-bond acceptors (Lipinski definition) is 2. The number of hydrogen-bond donors (Lipinski definition) is 2. The monoisotopic (exact) mass is 243 g/mol. The second-order valence-electron chi connectivity index (χ2n) is 3.79. The van der Waals surface area contributed by atoms with Crippen molar-refractivity contribution < 1.29 is 0 Å². The van der Waals surface area contributed by atoms with E-state index in [2.05, 4.69) is 26.1 Å². The predicted molar refractivity (Wildman–Crippen MR) is 55.5 cm³/mol. The highest BCUT2D eigenvalue weighted by molar-refractivity contribution is 9.10. The average molecular weight is 244 g/mol. The van der Waals surface area contributed by atoms with Crippen LogP contribution in [-0.2, 0) is 5.41 Å². The van der Waals surface area contributed by atoms with Crippen LogP contribution in [0.25, 0.3) is 0 Å². The summed E-state index contributed by atoms with van der Waals surface area (Å²) in [7, 11) is 0. The molecule has 0 spiro atoms. The standard InChI is InChI=1S/C9H14BrN3/c10-8-7(5-12-13-8)9(6-11)3-1-2-4-9/h5H,1-4,6,11H2,(H,12,13). The molecule has 0 unspecified atom stereocenters. The van der Waals surface area contributed by atoms with Crippen LogP contribution in [-0.4, -0.2) is 16.7 Å². The summed E-state index contributed by atoms with van der Waals surface area (Å²) in [5.74, 6) is 0. The number of nitrogens with zero attached hydrogens (tertiary/aromatic N) is 1. The Morgan fingerprint density at radius 3 is 2.69 bits per heavy atom. The highest BCUT2D eigenvalue weighted by Gasteiger charge is 2.36. The maximum Gasteiger partial charge on any atom is 0.104 e. The summed E-state index contributed by atoms with van der Waals surface area (Å²) in [5, 5.41) is 6.95. The van der Waals surface area contributed by atoms with Crippen molar-refractivity contribution >= 4 is 15.9 Å². The van der Waals surface area contributed by atoms with Gasteiger partial charge in [0, 0.05) is 17.5 Å². The summed E-state index contributed by atoms with van der Waals surface area (Å²) in [6.45, 7) is 0.727. The molecule has 1 saturated carbocycles. The molecule has 4 heteroatoms. The van der Waals surface area contributed by atoms with Crippen molar-refractivity contribution in [2.45, 2.75) is 31.1 Å². The summed E-state index contributed by atoms with van der Waals surface area (Å²) in [5.41, 5.74) is 7.31. The lowest BCUT2D eigenvalue weighted by atomic mass is 9.81. The van der Waals surface area contributed by atoms with Gasteiger partial charge >= 0.3 is 0 Å². The highest BCUT2D eigenvalue weighted by atomic mass is 79.9. The minimum absolute atomic E-state index is 0.186. The third-order valence-corrected chi connectivity index (χ3v) is 3.72. The maximum atomic E-state index is 5.87. The smallest absolute Gasteiger partial charge is 0.104 e. The Hall–Kier alpha value is -0.350. The van der Waals surface area contributed by atoms with Crippen molar-refractivity contribution in [1.82, 2.24) is 10.2 Å². The van der Waals surface area contributed by atoms with Crippen LogP contribution in [0.1, 0.15) is 31.2 Å². The predicted octanol–water partition coefficient (Wildman–Crippen LogP) is 1.94. The minimum Gasteiger partial charge on any atom is -0.330 e. The van der Waals surface area contributed by atoms with Crippen molar-refractivity contribution in [1.29, 1.82) is 0 Å². The van der Waals surface area contributed by atoms with E-state index in [1.54, 1.807) is 0 Å². The van der Waals surface area contributed by atoms with Crippen molar-refractivity contribution in [3.8, 4) is 0 Å². The van der Waals surface area contributed by atoms with Gasteiger partial charge in [0.2, 0.25) is 0 Å². The first-order valence-electron chi connectivity index (χ1n) is 4.68. The van der Waals surface area contributed by atoms with Crippen LogP contribution in [0.2, 0.25) is 0 Å². The molecule has 1 heterocycles. The SMILES string of the molecule is NCC1(c2cn[nH]c2Br)CCCC1. The minimum atomic E-state index is 0.186. The summed E-state index contributed by atoms with van der Waals surface area (Å²) in [4.78, 5) is 0. The van der Waals surface area contributed by atoms with Crippen molar-refractivity contribution in [3.05, 3.63) is 16.4 Å². The molecule has 0 atom stereocenters. The molecule has 0 radical (unpaired) electrons. The molecule has 1 aliphatic rings. The first-order valence-corrected chi connectivity index (χ1v) is 5.47. The topological polar surface area (TPSA) is 54.7 Å². The van der Waals surface area contributed by atoms with E-state index in [9.17, 15) is 0 Å². The van der Waals surface area contributed by atoms with E-state index in [4.69, 9.17) is 5.73 Å². The van der Waals surface area contributed by atoms with Gasteiger partial charge in [-0.05, 0) is 28.8 Å². The van der Waals surface area contributed by atoms with Gasteiger partial charge in [-0.15, -0.1) is 0 Å². The molecule has 1 aliphatic carbocycles. The number of rotatable bonds is 2. The van der Waals surface area contributed by atoms with Crippen molar-refractivity contribution in [3.63, 3.8) is 0 Å². The van der Waals surface area contributed by atoms with Crippen molar-refractivity contribution in [2.24, 2.45) is 5.73 Å². The van der Waals surface area contributed by atoms with Crippen LogP contribution in [0.15, 0.2) is 10.8 Å². The fourth-order valence-corrected chi connectivity index (χ4v) is 2.90. The van der Waals surface area contributed by atoms with E-state index in [0.717, 1.165) is 11.1 Å². The molecule has 0 aromatic carbocycles. The largest absolute Gasteiger partial charge is 0.330 e. The zero-order chi connectivity index (χ0) is 9.31. The van der Waals surface area contributed by atoms with Gasteiger partial charge in [0.15, 0.2) is 0 Å². The average Bonchev–Trinajstić information content (AvgIpc) is 2.73. The maximum absolute atomic E-state index is 5.87.